The minimum atomic E-state index is -2.89. The monoisotopic (exact) mass is 303 g/mol. The lowest BCUT2D eigenvalue weighted by Crippen LogP contribution is -2.42. The second kappa shape index (κ2) is 7.23. The maximum absolute atomic E-state index is 11.8. The summed E-state index contributed by atoms with van der Waals surface area (Å²) in [5.41, 5.74) is 0. The number of hydrogen-bond acceptors (Lipinski definition) is 4. The van der Waals surface area contributed by atoms with Crippen molar-refractivity contribution in [2.45, 2.75) is 68.8 Å². The van der Waals surface area contributed by atoms with E-state index >= 15 is 0 Å². The highest BCUT2D eigenvalue weighted by atomic mass is 32.2. The lowest BCUT2D eigenvalue weighted by atomic mass is 9.81. The summed E-state index contributed by atoms with van der Waals surface area (Å²) in [6.45, 7) is 0.887. The maximum atomic E-state index is 11.8. The first-order valence-electron chi connectivity index (χ1n) is 7.98. The Balaban J connectivity index is 1.92. The Morgan fingerprint density at radius 3 is 2.60 bits per heavy atom. The molecule has 0 spiro atoms. The number of sulfone groups is 1. The summed E-state index contributed by atoms with van der Waals surface area (Å²) in [5.74, 6) is 0.471. The van der Waals surface area contributed by atoms with Gasteiger partial charge >= 0.3 is 0 Å². The van der Waals surface area contributed by atoms with Crippen LogP contribution in [0.2, 0.25) is 0 Å². The minimum absolute atomic E-state index is 0.135. The molecule has 4 unspecified atom stereocenters. The molecule has 1 heterocycles. The Hall–Kier alpha value is -0.130. The van der Waals surface area contributed by atoms with Gasteiger partial charge in [0.05, 0.1) is 11.4 Å². The Bertz CT molecular complexity index is 390. The Morgan fingerprint density at radius 1 is 1.20 bits per heavy atom. The van der Waals surface area contributed by atoms with Crippen molar-refractivity contribution in [2.75, 3.05) is 19.9 Å². The zero-order chi connectivity index (χ0) is 14.6. The molecule has 0 bridgehead atoms. The summed E-state index contributed by atoms with van der Waals surface area (Å²) in [7, 11) is -0.895. The Morgan fingerprint density at radius 2 is 2.00 bits per heavy atom. The zero-order valence-corrected chi connectivity index (χ0v) is 13.6. The molecule has 1 saturated carbocycles. The van der Waals surface area contributed by atoms with Gasteiger partial charge in [-0.05, 0) is 57.9 Å². The average Bonchev–Trinajstić information content (AvgIpc) is 2.45. The second-order valence-corrected chi connectivity index (χ2v) is 8.82. The topological polar surface area (TPSA) is 55.4 Å². The molecule has 2 aliphatic rings. The lowest BCUT2D eigenvalue weighted by Gasteiger charge is -2.36. The predicted molar refractivity (Wildman–Crippen MR) is 81.6 cm³/mol. The van der Waals surface area contributed by atoms with E-state index in [-0.39, 0.29) is 5.25 Å². The first-order valence-corrected chi connectivity index (χ1v) is 9.94. The molecule has 118 valence electrons. The first-order chi connectivity index (χ1) is 9.50. The predicted octanol–water partition coefficient (Wildman–Crippen LogP) is 2.14. The molecule has 0 radical (unpaired) electrons. The van der Waals surface area contributed by atoms with Gasteiger partial charge in [-0.3, -0.25) is 0 Å². The molecule has 0 aromatic carbocycles. The Labute approximate surface area is 123 Å². The highest BCUT2D eigenvalue weighted by Crippen LogP contribution is 2.33. The third-order valence-electron chi connectivity index (χ3n) is 5.00. The molecule has 2 rings (SSSR count). The number of rotatable bonds is 5. The van der Waals surface area contributed by atoms with Crippen molar-refractivity contribution in [3.8, 4) is 0 Å². The summed E-state index contributed by atoms with van der Waals surface area (Å²) in [6.07, 6.45) is 10.2. The van der Waals surface area contributed by atoms with Crippen LogP contribution in [-0.4, -0.2) is 45.7 Å². The van der Waals surface area contributed by atoms with Crippen molar-refractivity contribution < 1.29 is 13.2 Å². The molecule has 1 aliphatic heterocycles. The molecule has 0 amide bonds. The van der Waals surface area contributed by atoms with Crippen LogP contribution in [0.5, 0.6) is 0 Å². The van der Waals surface area contributed by atoms with E-state index in [0.29, 0.717) is 18.1 Å². The van der Waals surface area contributed by atoms with Crippen LogP contribution in [0.15, 0.2) is 0 Å². The van der Waals surface area contributed by atoms with E-state index in [9.17, 15) is 8.42 Å². The van der Waals surface area contributed by atoms with Crippen molar-refractivity contribution in [1.82, 2.24) is 5.32 Å². The summed E-state index contributed by atoms with van der Waals surface area (Å²) in [5, 5.41) is 3.28. The maximum Gasteiger partial charge on any atom is 0.150 e. The van der Waals surface area contributed by atoms with Crippen molar-refractivity contribution in [2.24, 2.45) is 5.92 Å². The SMILES string of the molecule is CNC(CC1CCCCO1)C1CCCC(S(C)(=O)=O)C1. The number of hydrogen-bond donors (Lipinski definition) is 1. The van der Waals surface area contributed by atoms with Crippen LogP contribution >= 0.6 is 0 Å². The minimum Gasteiger partial charge on any atom is -0.378 e. The molecule has 1 N–H and O–H groups in total. The Kier molecular flexibility index (Phi) is 5.87. The van der Waals surface area contributed by atoms with Gasteiger partial charge in [-0.1, -0.05) is 6.42 Å². The lowest BCUT2D eigenvalue weighted by molar-refractivity contribution is 0.000296. The third-order valence-corrected chi connectivity index (χ3v) is 6.64. The van der Waals surface area contributed by atoms with E-state index < -0.39 is 9.84 Å². The molecule has 1 saturated heterocycles. The van der Waals surface area contributed by atoms with E-state index in [0.717, 1.165) is 45.1 Å². The summed E-state index contributed by atoms with van der Waals surface area (Å²) in [4.78, 5) is 0. The quantitative estimate of drug-likeness (QED) is 0.845. The number of nitrogens with one attached hydrogen (secondary N) is 1. The molecule has 2 fully saturated rings. The molecular formula is C15H29NO3S. The van der Waals surface area contributed by atoms with Gasteiger partial charge in [0, 0.05) is 18.9 Å². The summed E-state index contributed by atoms with van der Waals surface area (Å²) >= 11 is 0. The third kappa shape index (κ3) is 4.43. The van der Waals surface area contributed by atoms with Gasteiger partial charge in [0.1, 0.15) is 9.84 Å². The van der Waals surface area contributed by atoms with E-state index in [2.05, 4.69) is 5.32 Å². The zero-order valence-electron chi connectivity index (χ0n) is 12.8. The number of ether oxygens (including phenoxy) is 1. The first kappa shape index (κ1) is 16.2. The molecule has 20 heavy (non-hydrogen) atoms. The molecule has 4 atom stereocenters. The highest BCUT2D eigenvalue weighted by Gasteiger charge is 2.33. The van der Waals surface area contributed by atoms with E-state index in [1.165, 1.54) is 19.1 Å². The van der Waals surface area contributed by atoms with Crippen LogP contribution in [-0.2, 0) is 14.6 Å². The fraction of sp³-hybridized carbons (Fsp3) is 1.00. The largest absolute Gasteiger partial charge is 0.378 e. The molecule has 0 aromatic rings. The van der Waals surface area contributed by atoms with Crippen molar-refractivity contribution in [3.63, 3.8) is 0 Å². The fourth-order valence-corrected chi connectivity index (χ4v) is 4.95. The van der Waals surface area contributed by atoms with Gasteiger partial charge in [0.2, 0.25) is 0 Å². The van der Waals surface area contributed by atoms with E-state index in [1.54, 1.807) is 0 Å². The van der Waals surface area contributed by atoms with Crippen LogP contribution < -0.4 is 5.32 Å². The van der Waals surface area contributed by atoms with Crippen LogP contribution in [0, 0.1) is 5.92 Å². The van der Waals surface area contributed by atoms with Crippen LogP contribution in [0.4, 0.5) is 0 Å². The highest BCUT2D eigenvalue weighted by molar-refractivity contribution is 7.91. The van der Waals surface area contributed by atoms with Crippen LogP contribution in [0.3, 0.4) is 0 Å². The fourth-order valence-electron chi connectivity index (χ4n) is 3.76. The van der Waals surface area contributed by atoms with Crippen LogP contribution in [0.25, 0.3) is 0 Å². The normalized spacial score (nSPS) is 33.8. The summed E-state index contributed by atoms with van der Waals surface area (Å²) < 4.78 is 29.4. The van der Waals surface area contributed by atoms with Crippen molar-refractivity contribution in [3.05, 3.63) is 0 Å². The molecule has 0 aromatic heterocycles. The molecule has 4 nitrogen and oxygen atoms in total. The van der Waals surface area contributed by atoms with Gasteiger partial charge in [-0.2, -0.15) is 0 Å². The van der Waals surface area contributed by atoms with Gasteiger partial charge in [-0.15, -0.1) is 0 Å². The average molecular weight is 303 g/mol. The van der Waals surface area contributed by atoms with Gasteiger partial charge in [0.15, 0.2) is 0 Å². The van der Waals surface area contributed by atoms with Crippen LogP contribution in [0.1, 0.15) is 51.4 Å². The van der Waals surface area contributed by atoms with Gasteiger partial charge < -0.3 is 10.1 Å². The molecular weight excluding hydrogens is 274 g/mol. The van der Waals surface area contributed by atoms with E-state index in [1.807, 2.05) is 7.05 Å². The summed E-state index contributed by atoms with van der Waals surface area (Å²) in [6, 6.07) is 0.391. The van der Waals surface area contributed by atoms with Gasteiger partial charge in [0.25, 0.3) is 0 Å². The molecule has 5 heteroatoms. The standard InChI is InChI=1S/C15H29NO3S/c1-16-15(11-13-7-3-4-9-19-13)12-6-5-8-14(10-12)20(2,17)18/h12-16H,3-11H2,1-2H3. The van der Waals surface area contributed by atoms with Crippen molar-refractivity contribution in [1.29, 1.82) is 0 Å². The second-order valence-electron chi connectivity index (χ2n) is 6.50. The smallest absolute Gasteiger partial charge is 0.150 e. The van der Waals surface area contributed by atoms with E-state index in [4.69, 9.17) is 4.74 Å². The molecule has 1 aliphatic carbocycles. The van der Waals surface area contributed by atoms with Gasteiger partial charge in [-0.25, -0.2) is 8.42 Å². The van der Waals surface area contributed by atoms with Crippen molar-refractivity contribution >= 4 is 9.84 Å².